The summed E-state index contributed by atoms with van der Waals surface area (Å²) in [5.41, 5.74) is -1.78. The van der Waals surface area contributed by atoms with Crippen molar-refractivity contribution in [3.05, 3.63) is 34.3 Å². The molecule has 1 aromatic carbocycles. The van der Waals surface area contributed by atoms with Crippen LogP contribution in [0.2, 0.25) is 10.0 Å². The highest BCUT2D eigenvalue weighted by Gasteiger charge is 2.35. The van der Waals surface area contributed by atoms with E-state index in [1.165, 1.54) is 0 Å². The second-order valence-electron chi connectivity index (χ2n) is 3.64. The molecule has 0 fully saturated rings. The fourth-order valence-corrected chi connectivity index (χ4v) is 1.67. The van der Waals surface area contributed by atoms with E-state index < -0.39 is 45.9 Å². The Kier molecular flexibility index (Phi) is 4.86. The lowest BCUT2D eigenvalue weighted by Crippen LogP contribution is -2.19. The minimum atomic E-state index is -4.73. The molecule has 1 nitrogen and oxygen atoms in total. The number of hydrogen-bond acceptors (Lipinski definition) is 1. The molecule has 0 aliphatic carbocycles. The summed E-state index contributed by atoms with van der Waals surface area (Å²) in [6.45, 7) is 1.19. The Balaban J connectivity index is 3.07. The molecule has 0 aromatic heterocycles. The molecule has 1 rings (SSSR count). The minimum absolute atomic E-state index is 0.431. The molecule has 1 aromatic rings. The van der Waals surface area contributed by atoms with Crippen molar-refractivity contribution in [2.75, 3.05) is 6.61 Å². The number of benzene rings is 1. The van der Waals surface area contributed by atoms with Gasteiger partial charge in [-0.3, -0.25) is 0 Å². The van der Waals surface area contributed by atoms with Gasteiger partial charge in [0.15, 0.2) is 6.61 Å². The zero-order valence-corrected chi connectivity index (χ0v) is 11.0. The topological polar surface area (TPSA) is 9.23 Å². The number of alkyl halides is 6. The fourth-order valence-electron chi connectivity index (χ4n) is 1.18. The molecule has 0 heterocycles. The Morgan fingerprint density at radius 1 is 1.05 bits per heavy atom. The van der Waals surface area contributed by atoms with Crippen molar-refractivity contribution >= 4 is 28.8 Å². The molecular formula is C11H6Cl2F6O. The summed E-state index contributed by atoms with van der Waals surface area (Å²) in [6.07, 6.45) is -9.34. The molecule has 0 spiro atoms. The van der Waals surface area contributed by atoms with Crippen LogP contribution in [0.15, 0.2) is 18.7 Å². The molecule has 0 N–H and O–H groups in total. The summed E-state index contributed by atoms with van der Waals surface area (Å²) in [5.74, 6) is -0.465. The lowest BCUT2D eigenvalue weighted by molar-refractivity contribution is -0.153. The maximum atomic E-state index is 12.5. The molecule has 0 bridgehead atoms. The molecule has 0 atom stereocenters. The van der Waals surface area contributed by atoms with E-state index in [1.54, 1.807) is 0 Å². The summed E-state index contributed by atoms with van der Waals surface area (Å²) in [5, 5.41) is -0.895. The summed E-state index contributed by atoms with van der Waals surface area (Å²) in [6, 6.07) is 1.54. The predicted octanol–water partition coefficient (Wildman–Crippen LogP) is 5.51. The molecule has 0 saturated heterocycles. The number of rotatable bonds is 3. The predicted molar refractivity (Wildman–Crippen MR) is 63.1 cm³/mol. The average molecular weight is 339 g/mol. The van der Waals surface area contributed by atoms with Crippen LogP contribution in [-0.4, -0.2) is 19.0 Å². The number of hydrogen-bond donors (Lipinski definition) is 0. The Morgan fingerprint density at radius 2 is 1.60 bits per heavy atom. The van der Waals surface area contributed by atoms with Crippen molar-refractivity contribution in [3.8, 4) is 5.75 Å². The van der Waals surface area contributed by atoms with Crippen LogP contribution in [0.5, 0.6) is 5.75 Å². The summed E-state index contributed by atoms with van der Waals surface area (Å²) in [4.78, 5) is 0. The highest BCUT2D eigenvalue weighted by molar-refractivity contribution is 6.35. The highest BCUT2D eigenvalue weighted by atomic mass is 35.5. The van der Waals surface area contributed by atoms with Crippen molar-refractivity contribution in [2.24, 2.45) is 0 Å². The number of allylic oxidation sites excluding steroid dienone is 1. The summed E-state index contributed by atoms with van der Waals surface area (Å²) in [7, 11) is 0. The van der Waals surface area contributed by atoms with Crippen LogP contribution < -0.4 is 4.74 Å². The lowest BCUT2D eigenvalue weighted by atomic mass is 10.1. The van der Waals surface area contributed by atoms with Crippen LogP contribution in [0.4, 0.5) is 26.3 Å². The van der Waals surface area contributed by atoms with Gasteiger partial charge >= 0.3 is 12.4 Å². The van der Waals surface area contributed by atoms with E-state index in [2.05, 4.69) is 11.3 Å². The van der Waals surface area contributed by atoms with Crippen LogP contribution in [0.1, 0.15) is 5.56 Å². The second-order valence-corrected chi connectivity index (χ2v) is 4.46. The van der Waals surface area contributed by atoms with Crippen LogP contribution in [-0.2, 0) is 0 Å². The molecule has 20 heavy (non-hydrogen) atoms. The minimum Gasteiger partial charge on any atom is -0.483 e. The first-order valence-corrected chi connectivity index (χ1v) is 5.62. The first-order chi connectivity index (χ1) is 8.92. The number of ether oxygens (including phenoxy) is 1. The van der Waals surface area contributed by atoms with Gasteiger partial charge in [0.1, 0.15) is 5.75 Å². The van der Waals surface area contributed by atoms with Gasteiger partial charge in [-0.15, -0.1) is 0 Å². The zero-order chi connectivity index (χ0) is 15.7. The fraction of sp³-hybridized carbons (Fsp3) is 0.273. The quantitative estimate of drug-likeness (QED) is 0.660. The van der Waals surface area contributed by atoms with E-state index in [9.17, 15) is 26.3 Å². The molecule has 0 saturated carbocycles. The Hall–Kier alpha value is -1.08. The third-order valence-corrected chi connectivity index (χ3v) is 2.69. The zero-order valence-electron chi connectivity index (χ0n) is 9.50. The molecule has 0 amide bonds. The maximum absolute atomic E-state index is 12.5. The molecule has 0 aliphatic heterocycles. The second kappa shape index (κ2) is 5.73. The lowest BCUT2D eigenvalue weighted by Gasteiger charge is -2.15. The van der Waals surface area contributed by atoms with Crippen molar-refractivity contribution in [3.63, 3.8) is 0 Å². The Morgan fingerprint density at radius 3 is 2.05 bits per heavy atom. The van der Waals surface area contributed by atoms with Crippen LogP contribution in [0.25, 0.3) is 5.57 Å². The van der Waals surface area contributed by atoms with E-state index in [0.29, 0.717) is 0 Å². The van der Waals surface area contributed by atoms with Crippen molar-refractivity contribution in [2.45, 2.75) is 12.4 Å². The third-order valence-electron chi connectivity index (χ3n) is 2.08. The van der Waals surface area contributed by atoms with Crippen molar-refractivity contribution in [1.82, 2.24) is 0 Å². The van der Waals surface area contributed by atoms with Gasteiger partial charge in [-0.25, -0.2) is 0 Å². The molecule has 0 radical (unpaired) electrons. The van der Waals surface area contributed by atoms with Gasteiger partial charge in [-0.05, 0) is 6.07 Å². The highest BCUT2D eigenvalue weighted by Crippen LogP contribution is 2.40. The summed E-state index contributed by atoms with van der Waals surface area (Å²) >= 11 is 11.1. The number of halogens is 8. The van der Waals surface area contributed by atoms with Crippen molar-refractivity contribution in [1.29, 1.82) is 0 Å². The van der Waals surface area contributed by atoms with E-state index in [4.69, 9.17) is 23.2 Å². The van der Waals surface area contributed by atoms with Crippen LogP contribution >= 0.6 is 23.2 Å². The SMILES string of the molecule is C=C(c1cc(Cl)c(OCC(F)(F)F)cc1Cl)C(F)(F)F. The van der Waals surface area contributed by atoms with Gasteiger partial charge in [-0.1, -0.05) is 29.8 Å². The largest absolute Gasteiger partial charge is 0.483 e. The van der Waals surface area contributed by atoms with Gasteiger partial charge in [-0.2, -0.15) is 26.3 Å². The smallest absolute Gasteiger partial charge is 0.422 e. The van der Waals surface area contributed by atoms with E-state index in [-0.39, 0.29) is 0 Å². The monoisotopic (exact) mass is 338 g/mol. The normalized spacial score (nSPS) is 12.4. The van der Waals surface area contributed by atoms with E-state index >= 15 is 0 Å². The summed E-state index contributed by atoms with van der Waals surface area (Å²) < 4.78 is 77.7. The van der Waals surface area contributed by atoms with Gasteiger partial charge in [0.2, 0.25) is 0 Å². The first-order valence-electron chi connectivity index (χ1n) is 4.87. The third kappa shape index (κ3) is 4.49. The Bertz CT molecular complexity index is 521. The van der Waals surface area contributed by atoms with E-state index in [0.717, 1.165) is 12.1 Å². The first kappa shape index (κ1) is 17.0. The standard InChI is InChI=1S/C11H6Cl2F6O/c1-5(11(17,18)19)6-2-8(13)9(3-7(6)12)20-4-10(14,15)16/h2-3H,1,4H2. The average Bonchev–Trinajstić information content (AvgIpc) is 2.26. The molecular weight excluding hydrogens is 333 g/mol. The maximum Gasteiger partial charge on any atom is 0.422 e. The molecule has 112 valence electrons. The van der Waals surface area contributed by atoms with Crippen molar-refractivity contribution < 1.29 is 31.1 Å². The molecule has 0 unspecified atom stereocenters. The van der Waals surface area contributed by atoms with E-state index in [1.807, 2.05) is 0 Å². The molecule has 0 aliphatic rings. The molecule has 9 heteroatoms. The van der Waals surface area contributed by atoms with Crippen LogP contribution in [0.3, 0.4) is 0 Å². The van der Waals surface area contributed by atoms with Gasteiger partial charge in [0.25, 0.3) is 0 Å². The van der Waals surface area contributed by atoms with Crippen LogP contribution in [0, 0.1) is 0 Å². The van der Waals surface area contributed by atoms with Gasteiger partial charge in [0, 0.05) is 11.6 Å². The Labute approximate surface area is 119 Å². The van der Waals surface area contributed by atoms with Gasteiger partial charge < -0.3 is 4.74 Å². The van der Waals surface area contributed by atoms with Gasteiger partial charge in [0.05, 0.1) is 15.6 Å².